The first-order valence-corrected chi connectivity index (χ1v) is 14.7. The van der Waals surface area contributed by atoms with E-state index in [9.17, 15) is 18.0 Å². The maximum Gasteiger partial charge on any atom is 0.264 e. The first-order chi connectivity index (χ1) is 18.0. The minimum absolute atomic E-state index is 0.0575. The zero-order valence-electron chi connectivity index (χ0n) is 22.1. The SMILES string of the molecule is CC[C@H](C)NC(=O)[C@H](C)N(Cc1ccc(C)cc1)C(=O)CN(c1cccc(Br)c1)S(=O)(=O)c1ccccc1. The number of nitrogens with zero attached hydrogens (tertiary/aromatic N) is 2. The number of anilines is 1. The minimum atomic E-state index is -4.08. The molecule has 0 aromatic heterocycles. The molecule has 9 heteroatoms. The van der Waals surface area contributed by atoms with Crippen LogP contribution in [0.5, 0.6) is 0 Å². The van der Waals surface area contributed by atoms with Crippen LogP contribution >= 0.6 is 15.9 Å². The van der Waals surface area contributed by atoms with Crippen LogP contribution in [0.25, 0.3) is 0 Å². The second-order valence-corrected chi connectivity index (χ2v) is 12.1. The van der Waals surface area contributed by atoms with E-state index in [0.717, 1.165) is 21.9 Å². The highest BCUT2D eigenvalue weighted by atomic mass is 79.9. The smallest absolute Gasteiger partial charge is 0.264 e. The predicted molar refractivity (Wildman–Crippen MR) is 154 cm³/mol. The maximum atomic E-state index is 13.9. The summed E-state index contributed by atoms with van der Waals surface area (Å²) in [5.74, 6) is -0.781. The van der Waals surface area contributed by atoms with Gasteiger partial charge in [0.05, 0.1) is 10.6 Å². The Kier molecular flexibility index (Phi) is 10.1. The highest BCUT2D eigenvalue weighted by Gasteiger charge is 2.32. The van der Waals surface area contributed by atoms with Crippen molar-refractivity contribution in [3.8, 4) is 0 Å². The van der Waals surface area contributed by atoms with Gasteiger partial charge in [-0.1, -0.05) is 76.9 Å². The molecular formula is C29H34BrN3O4S. The van der Waals surface area contributed by atoms with Crippen LogP contribution in [-0.2, 0) is 26.2 Å². The number of carbonyl (C=O) groups excluding carboxylic acids is 2. The second kappa shape index (κ2) is 13.1. The first-order valence-electron chi connectivity index (χ1n) is 12.5. The summed E-state index contributed by atoms with van der Waals surface area (Å²) in [6.45, 7) is 7.19. The molecule has 0 saturated carbocycles. The summed E-state index contributed by atoms with van der Waals surface area (Å²) in [7, 11) is -4.08. The lowest BCUT2D eigenvalue weighted by molar-refractivity contribution is -0.139. The topological polar surface area (TPSA) is 86.8 Å². The van der Waals surface area contributed by atoms with E-state index in [4.69, 9.17) is 0 Å². The van der Waals surface area contributed by atoms with Crippen LogP contribution in [0.15, 0.2) is 88.2 Å². The van der Waals surface area contributed by atoms with Crippen molar-refractivity contribution in [3.63, 3.8) is 0 Å². The molecule has 0 bridgehead atoms. The van der Waals surface area contributed by atoms with Gasteiger partial charge in [-0.25, -0.2) is 8.42 Å². The molecule has 7 nitrogen and oxygen atoms in total. The number of amides is 2. The van der Waals surface area contributed by atoms with Crippen LogP contribution in [0.4, 0.5) is 5.69 Å². The molecule has 2 amide bonds. The fourth-order valence-electron chi connectivity index (χ4n) is 3.82. The summed E-state index contributed by atoms with van der Waals surface area (Å²) in [4.78, 5) is 28.5. The molecule has 0 radical (unpaired) electrons. The Balaban J connectivity index is 2.01. The molecule has 0 heterocycles. The van der Waals surface area contributed by atoms with Gasteiger partial charge in [-0.15, -0.1) is 0 Å². The van der Waals surface area contributed by atoms with Crippen LogP contribution in [0, 0.1) is 6.92 Å². The molecule has 1 N–H and O–H groups in total. The van der Waals surface area contributed by atoms with Crippen LogP contribution in [-0.4, -0.2) is 43.8 Å². The summed E-state index contributed by atoms with van der Waals surface area (Å²) < 4.78 is 29.3. The number of sulfonamides is 1. The summed E-state index contributed by atoms with van der Waals surface area (Å²) in [5.41, 5.74) is 2.25. The van der Waals surface area contributed by atoms with E-state index in [-0.39, 0.29) is 23.4 Å². The quantitative estimate of drug-likeness (QED) is 0.324. The van der Waals surface area contributed by atoms with Gasteiger partial charge in [0.1, 0.15) is 12.6 Å². The number of benzene rings is 3. The molecule has 0 saturated heterocycles. The normalized spacial score (nSPS) is 12.9. The molecule has 202 valence electrons. The van der Waals surface area contributed by atoms with Gasteiger partial charge in [0.25, 0.3) is 10.0 Å². The third kappa shape index (κ3) is 7.45. The molecule has 3 aromatic carbocycles. The maximum absolute atomic E-state index is 13.9. The van der Waals surface area contributed by atoms with Crippen molar-refractivity contribution in [2.45, 2.75) is 57.6 Å². The van der Waals surface area contributed by atoms with Crippen molar-refractivity contribution < 1.29 is 18.0 Å². The molecule has 2 atom stereocenters. The Morgan fingerprint density at radius 2 is 1.61 bits per heavy atom. The number of hydrogen-bond acceptors (Lipinski definition) is 4. The fraction of sp³-hybridized carbons (Fsp3) is 0.310. The summed E-state index contributed by atoms with van der Waals surface area (Å²) in [6.07, 6.45) is 0.746. The van der Waals surface area contributed by atoms with Gasteiger partial charge in [0, 0.05) is 17.1 Å². The number of halogens is 1. The number of aryl methyl sites for hydroxylation is 1. The molecule has 0 unspecified atom stereocenters. The van der Waals surface area contributed by atoms with Crippen LogP contribution in [0.2, 0.25) is 0 Å². The van der Waals surface area contributed by atoms with Crippen molar-refractivity contribution in [2.75, 3.05) is 10.8 Å². The van der Waals surface area contributed by atoms with E-state index in [1.54, 1.807) is 49.4 Å². The Hall–Kier alpha value is -3.17. The molecular weight excluding hydrogens is 566 g/mol. The van der Waals surface area contributed by atoms with E-state index < -0.39 is 28.5 Å². The molecule has 3 aromatic rings. The molecule has 0 aliphatic heterocycles. The monoisotopic (exact) mass is 599 g/mol. The van der Waals surface area contributed by atoms with Crippen molar-refractivity contribution in [3.05, 3.63) is 94.5 Å². The Morgan fingerprint density at radius 3 is 2.21 bits per heavy atom. The van der Waals surface area contributed by atoms with E-state index in [1.165, 1.54) is 17.0 Å². The molecule has 38 heavy (non-hydrogen) atoms. The number of hydrogen-bond donors (Lipinski definition) is 1. The summed E-state index contributed by atoms with van der Waals surface area (Å²) >= 11 is 3.40. The number of rotatable bonds is 11. The van der Waals surface area contributed by atoms with Crippen molar-refractivity contribution in [2.24, 2.45) is 0 Å². The van der Waals surface area contributed by atoms with Crippen LogP contribution in [0.1, 0.15) is 38.3 Å². The van der Waals surface area contributed by atoms with E-state index in [1.807, 2.05) is 45.0 Å². The van der Waals surface area contributed by atoms with Gasteiger partial charge >= 0.3 is 0 Å². The van der Waals surface area contributed by atoms with Crippen LogP contribution < -0.4 is 9.62 Å². The third-order valence-corrected chi connectivity index (χ3v) is 8.63. The van der Waals surface area contributed by atoms with Gasteiger partial charge < -0.3 is 10.2 Å². The van der Waals surface area contributed by atoms with Gasteiger partial charge in [-0.3, -0.25) is 13.9 Å². The average Bonchev–Trinajstić information content (AvgIpc) is 2.91. The summed E-state index contributed by atoms with van der Waals surface area (Å²) in [6, 6.07) is 21.6. The lowest BCUT2D eigenvalue weighted by Crippen LogP contribution is -2.52. The van der Waals surface area contributed by atoms with E-state index in [0.29, 0.717) is 10.2 Å². The molecule has 3 rings (SSSR count). The van der Waals surface area contributed by atoms with Crippen molar-refractivity contribution in [1.82, 2.24) is 10.2 Å². The predicted octanol–water partition coefficient (Wildman–Crippen LogP) is 5.28. The van der Waals surface area contributed by atoms with Gasteiger partial charge in [0.2, 0.25) is 11.8 Å². The average molecular weight is 601 g/mol. The Morgan fingerprint density at radius 1 is 0.947 bits per heavy atom. The Bertz CT molecular complexity index is 1350. The zero-order chi connectivity index (χ0) is 27.9. The molecule has 0 spiro atoms. The summed E-state index contributed by atoms with van der Waals surface area (Å²) in [5, 5.41) is 2.94. The minimum Gasteiger partial charge on any atom is -0.352 e. The van der Waals surface area contributed by atoms with Gasteiger partial charge in [0.15, 0.2) is 0 Å². The molecule has 0 aliphatic rings. The van der Waals surface area contributed by atoms with Crippen molar-refractivity contribution >= 4 is 43.5 Å². The van der Waals surface area contributed by atoms with E-state index in [2.05, 4.69) is 21.2 Å². The highest BCUT2D eigenvalue weighted by molar-refractivity contribution is 9.10. The second-order valence-electron chi connectivity index (χ2n) is 9.31. The number of carbonyl (C=O) groups is 2. The highest BCUT2D eigenvalue weighted by Crippen LogP contribution is 2.27. The van der Waals surface area contributed by atoms with Gasteiger partial charge in [-0.2, -0.15) is 0 Å². The fourth-order valence-corrected chi connectivity index (χ4v) is 5.63. The van der Waals surface area contributed by atoms with Crippen LogP contribution in [0.3, 0.4) is 0 Å². The van der Waals surface area contributed by atoms with E-state index >= 15 is 0 Å². The van der Waals surface area contributed by atoms with Gasteiger partial charge in [-0.05, 0) is 63.1 Å². The lowest BCUT2D eigenvalue weighted by Gasteiger charge is -2.32. The third-order valence-electron chi connectivity index (χ3n) is 6.35. The van der Waals surface area contributed by atoms with Crippen molar-refractivity contribution in [1.29, 1.82) is 0 Å². The zero-order valence-corrected chi connectivity index (χ0v) is 24.5. The molecule has 0 fully saturated rings. The standard InChI is InChI=1S/C29H34BrN3O4S/c1-5-22(3)31-29(35)23(4)32(19-24-16-14-21(2)15-17-24)28(34)20-33(26-11-9-10-25(30)18-26)38(36,37)27-12-7-6-8-13-27/h6-18,22-23H,5,19-20H2,1-4H3,(H,31,35)/t22-,23-/m0/s1. The number of nitrogens with one attached hydrogen (secondary N) is 1. The largest absolute Gasteiger partial charge is 0.352 e. The first kappa shape index (κ1) is 29.4. The molecule has 0 aliphatic carbocycles. The lowest BCUT2D eigenvalue weighted by atomic mass is 10.1. The Labute approximate surface area is 234 Å².